The van der Waals surface area contributed by atoms with Gasteiger partial charge in [-0.05, 0) is 37.1 Å². The second kappa shape index (κ2) is 4.73. The second-order valence-corrected chi connectivity index (χ2v) is 6.08. The van der Waals surface area contributed by atoms with Gasteiger partial charge in [-0.1, -0.05) is 19.3 Å². The van der Waals surface area contributed by atoms with Gasteiger partial charge in [0, 0.05) is 17.2 Å². The fourth-order valence-corrected chi connectivity index (χ4v) is 3.91. The topological polar surface area (TPSA) is 9.23 Å². The largest absolute Gasteiger partial charge is 0.490 e. The lowest BCUT2D eigenvalue weighted by Crippen LogP contribution is -2.58. The minimum atomic E-state index is -0.224. The Labute approximate surface area is 112 Å². The van der Waals surface area contributed by atoms with Crippen molar-refractivity contribution in [2.45, 2.75) is 50.0 Å². The Kier molecular flexibility index (Phi) is 3.23. The fourth-order valence-electron chi connectivity index (χ4n) is 3.39. The summed E-state index contributed by atoms with van der Waals surface area (Å²) >= 11 is 6.43. The molecule has 1 nitrogen and oxygen atoms in total. The zero-order chi connectivity index (χ0) is 12.6. The van der Waals surface area contributed by atoms with Crippen molar-refractivity contribution >= 4 is 11.6 Å². The normalized spacial score (nSPS) is 29.9. The maximum absolute atomic E-state index is 12.9. The minimum absolute atomic E-state index is 0.175. The van der Waals surface area contributed by atoms with Gasteiger partial charge in [-0.3, -0.25) is 0 Å². The van der Waals surface area contributed by atoms with Crippen LogP contribution in [0.25, 0.3) is 0 Å². The molecule has 2 unspecified atom stereocenters. The number of hydrogen-bond donors (Lipinski definition) is 0. The van der Waals surface area contributed by atoms with Gasteiger partial charge < -0.3 is 4.74 Å². The van der Waals surface area contributed by atoms with E-state index in [1.807, 2.05) is 0 Å². The number of alkyl halides is 1. The predicted octanol–water partition coefficient (Wildman–Crippen LogP) is 4.53. The van der Waals surface area contributed by atoms with Gasteiger partial charge in [0.25, 0.3) is 0 Å². The van der Waals surface area contributed by atoms with Crippen molar-refractivity contribution in [1.29, 1.82) is 0 Å². The molecule has 2 aliphatic carbocycles. The summed E-state index contributed by atoms with van der Waals surface area (Å²) in [5.74, 6) is 0.536. The molecular formula is C15H18ClFO. The highest BCUT2D eigenvalue weighted by Gasteiger charge is 2.55. The minimum Gasteiger partial charge on any atom is -0.490 e. The van der Waals surface area contributed by atoms with Crippen molar-refractivity contribution < 1.29 is 9.13 Å². The van der Waals surface area contributed by atoms with Gasteiger partial charge in [0.05, 0.1) is 0 Å². The van der Waals surface area contributed by atoms with Crippen LogP contribution in [0.1, 0.15) is 38.5 Å². The molecular weight excluding hydrogens is 251 g/mol. The monoisotopic (exact) mass is 268 g/mol. The second-order valence-electron chi connectivity index (χ2n) is 5.56. The number of halogens is 2. The molecule has 1 aromatic carbocycles. The Morgan fingerprint density at radius 2 is 1.78 bits per heavy atom. The van der Waals surface area contributed by atoms with Crippen LogP contribution >= 0.6 is 11.6 Å². The van der Waals surface area contributed by atoms with Crippen LogP contribution < -0.4 is 4.74 Å². The van der Waals surface area contributed by atoms with Gasteiger partial charge >= 0.3 is 0 Å². The van der Waals surface area contributed by atoms with Gasteiger partial charge in [-0.25, -0.2) is 4.39 Å². The molecule has 18 heavy (non-hydrogen) atoms. The third kappa shape index (κ3) is 2.01. The van der Waals surface area contributed by atoms with Crippen LogP contribution in [0.3, 0.4) is 0 Å². The van der Waals surface area contributed by atoms with Crippen LogP contribution in [0.4, 0.5) is 4.39 Å². The molecule has 0 aliphatic heterocycles. The Morgan fingerprint density at radius 1 is 1.11 bits per heavy atom. The van der Waals surface area contributed by atoms with Crippen LogP contribution in [0, 0.1) is 11.2 Å². The summed E-state index contributed by atoms with van der Waals surface area (Å²) in [7, 11) is 0. The Bertz CT molecular complexity index is 411. The highest BCUT2D eigenvalue weighted by Crippen LogP contribution is 2.55. The summed E-state index contributed by atoms with van der Waals surface area (Å²) in [5.41, 5.74) is 0.175. The first-order valence-electron chi connectivity index (χ1n) is 6.77. The Hall–Kier alpha value is -0.760. The lowest BCUT2D eigenvalue weighted by atomic mass is 9.58. The van der Waals surface area contributed by atoms with Crippen LogP contribution in [0.5, 0.6) is 5.75 Å². The zero-order valence-corrected chi connectivity index (χ0v) is 11.1. The van der Waals surface area contributed by atoms with Crippen molar-refractivity contribution in [3.63, 3.8) is 0 Å². The van der Waals surface area contributed by atoms with E-state index in [-0.39, 0.29) is 22.7 Å². The first-order chi connectivity index (χ1) is 8.71. The molecule has 2 aliphatic rings. The third-order valence-corrected chi connectivity index (χ3v) is 5.18. The van der Waals surface area contributed by atoms with E-state index in [9.17, 15) is 4.39 Å². The highest BCUT2D eigenvalue weighted by molar-refractivity contribution is 6.21. The molecule has 2 fully saturated rings. The number of benzene rings is 1. The molecule has 0 radical (unpaired) electrons. The molecule has 1 spiro atoms. The molecule has 3 rings (SSSR count). The van der Waals surface area contributed by atoms with Crippen molar-refractivity contribution in [3.05, 3.63) is 30.1 Å². The summed E-state index contributed by atoms with van der Waals surface area (Å²) in [6, 6.07) is 6.29. The molecule has 0 amide bonds. The Balaban J connectivity index is 1.71. The van der Waals surface area contributed by atoms with Gasteiger partial charge in [-0.15, -0.1) is 11.6 Å². The Morgan fingerprint density at radius 3 is 2.39 bits per heavy atom. The van der Waals surface area contributed by atoms with E-state index < -0.39 is 0 Å². The summed E-state index contributed by atoms with van der Waals surface area (Å²) in [6.45, 7) is 0. The van der Waals surface area contributed by atoms with E-state index in [4.69, 9.17) is 16.3 Å². The maximum atomic E-state index is 12.9. The van der Waals surface area contributed by atoms with E-state index in [0.717, 1.165) is 12.2 Å². The van der Waals surface area contributed by atoms with Crippen LogP contribution in [0.2, 0.25) is 0 Å². The van der Waals surface area contributed by atoms with Gasteiger partial charge in [0.15, 0.2) is 0 Å². The van der Waals surface area contributed by atoms with Crippen molar-refractivity contribution in [1.82, 2.24) is 0 Å². The molecule has 0 N–H and O–H groups in total. The van der Waals surface area contributed by atoms with E-state index in [1.54, 1.807) is 12.1 Å². The zero-order valence-electron chi connectivity index (χ0n) is 10.4. The van der Waals surface area contributed by atoms with Gasteiger partial charge in [-0.2, -0.15) is 0 Å². The average Bonchev–Trinajstić information content (AvgIpc) is 2.42. The SMILES string of the molecule is Fc1ccc(OC2CC(Cl)C23CCCCC3)cc1. The quantitative estimate of drug-likeness (QED) is 0.716. The molecule has 2 saturated carbocycles. The lowest BCUT2D eigenvalue weighted by Gasteiger charge is -2.55. The van der Waals surface area contributed by atoms with Gasteiger partial charge in [0.2, 0.25) is 0 Å². The van der Waals surface area contributed by atoms with Crippen molar-refractivity contribution in [2.24, 2.45) is 5.41 Å². The molecule has 3 heteroatoms. The molecule has 0 heterocycles. The highest BCUT2D eigenvalue weighted by atomic mass is 35.5. The lowest BCUT2D eigenvalue weighted by molar-refractivity contribution is -0.0650. The summed E-state index contributed by atoms with van der Waals surface area (Å²) in [5, 5.41) is 0.253. The molecule has 0 aromatic heterocycles. The molecule has 0 bridgehead atoms. The van der Waals surface area contributed by atoms with Crippen LogP contribution in [-0.4, -0.2) is 11.5 Å². The molecule has 98 valence electrons. The van der Waals surface area contributed by atoms with E-state index >= 15 is 0 Å². The fraction of sp³-hybridized carbons (Fsp3) is 0.600. The summed E-state index contributed by atoms with van der Waals surface area (Å²) < 4.78 is 18.9. The smallest absolute Gasteiger partial charge is 0.123 e. The van der Waals surface area contributed by atoms with E-state index in [1.165, 1.54) is 44.2 Å². The number of hydrogen-bond acceptors (Lipinski definition) is 1. The van der Waals surface area contributed by atoms with Gasteiger partial charge in [0.1, 0.15) is 17.7 Å². The van der Waals surface area contributed by atoms with E-state index in [2.05, 4.69) is 0 Å². The molecule has 0 saturated heterocycles. The number of rotatable bonds is 2. The van der Waals surface area contributed by atoms with Crippen molar-refractivity contribution in [3.8, 4) is 5.75 Å². The van der Waals surface area contributed by atoms with Crippen LogP contribution in [-0.2, 0) is 0 Å². The first-order valence-corrected chi connectivity index (χ1v) is 7.21. The maximum Gasteiger partial charge on any atom is 0.123 e. The predicted molar refractivity (Wildman–Crippen MR) is 70.6 cm³/mol. The van der Waals surface area contributed by atoms with Crippen LogP contribution in [0.15, 0.2) is 24.3 Å². The standard InChI is InChI=1S/C15H18ClFO/c16-13-10-14(15(13)8-2-1-3-9-15)18-12-6-4-11(17)5-7-12/h4-7,13-14H,1-3,8-10H2. The average molecular weight is 269 g/mol. The van der Waals surface area contributed by atoms with E-state index in [0.29, 0.717) is 0 Å². The summed E-state index contributed by atoms with van der Waals surface area (Å²) in [6.07, 6.45) is 7.30. The number of ether oxygens (including phenoxy) is 1. The third-order valence-electron chi connectivity index (χ3n) is 4.56. The summed E-state index contributed by atoms with van der Waals surface area (Å²) in [4.78, 5) is 0. The molecule has 1 aromatic rings. The van der Waals surface area contributed by atoms with Crippen molar-refractivity contribution in [2.75, 3.05) is 0 Å². The molecule has 2 atom stereocenters. The first kappa shape index (κ1) is 12.3.